The largest absolute Gasteiger partial charge is 0.480 e. The summed E-state index contributed by atoms with van der Waals surface area (Å²) >= 11 is 0. The van der Waals surface area contributed by atoms with E-state index < -0.39 is 12.0 Å². The molecular formula is C12H11NO5. The molecule has 2 aliphatic heterocycles. The Morgan fingerprint density at radius 1 is 1.33 bits per heavy atom. The van der Waals surface area contributed by atoms with E-state index in [0.717, 1.165) is 5.56 Å². The molecular weight excluding hydrogens is 238 g/mol. The molecule has 0 unspecified atom stereocenters. The molecule has 2 aliphatic rings. The van der Waals surface area contributed by atoms with Gasteiger partial charge in [0.1, 0.15) is 6.04 Å². The van der Waals surface area contributed by atoms with E-state index in [4.69, 9.17) is 14.6 Å². The SMILES string of the molecule is O=C1C[C@@H](c2ccc3c(c2)OCO3)[C@@H](C(=O)O)N1. The number of carboxylic acid groups (broad SMARTS) is 1. The Hall–Kier alpha value is -2.24. The van der Waals surface area contributed by atoms with Crippen LogP contribution in [-0.2, 0) is 9.59 Å². The van der Waals surface area contributed by atoms with Crippen molar-refractivity contribution in [3.05, 3.63) is 23.8 Å². The standard InChI is InChI=1S/C12H11NO5/c14-10-4-7(11(13-10)12(15)16)6-1-2-8-9(3-6)18-5-17-8/h1-3,7,11H,4-5H2,(H,13,14)(H,15,16)/t7-,11-/m0/s1. The second kappa shape index (κ2) is 3.90. The van der Waals surface area contributed by atoms with E-state index in [9.17, 15) is 9.59 Å². The first kappa shape index (κ1) is 10.9. The normalized spacial score (nSPS) is 25.0. The van der Waals surface area contributed by atoms with E-state index in [0.29, 0.717) is 11.5 Å². The van der Waals surface area contributed by atoms with Gasteiger partial charge < -0.3 is 19.9 Å². The molecule has 0 radical (unpaired) electrons. The Morgan fingerprint density at radius 3 is 2.89 bits per heavy atom. The van der Waals surface area contributed by atoms with E-state index in [-0.39, 0.29) is 25.0 Å². The minimum atomic E-state index is -1.02. The van der Waals surface area contributed by atoms with Crippen molar-refractivity contribution in [2.24, 2.45) is 0 Å². The van der Waals surface area contributed by atoms with Crippen molar-refractivity contribution in [3.63, 3.8) is 0 Å². The first-order chi connectivity index (χ1) is 8.65. The molecule has 0 aliphatic carbocycles. The molecule has 1 aromatic carbocycles. The molecule has 0 spiro atoms. The lowest BCUT2D eigenvalue weighted by Gasteiger charge is -2.15. The summed E-state index contributed by atoms with van der Waals surface area (Å²) in [6, 6.07) is 4.37. The van der Waals surface area contributed by atoms with Gasteiger partial charge in [0, 0.05) is 12.3 Å². The summed E-state index contributed by atoms with van der Waals surface area (Å²) in [4.78, 5) is 22.4. The molecule has 18 heavy (non-hydrogen) atoms. The third-order valence-corrected chi connectivity index (χ3v) is 3.21. The van der Waals surface area contributed by atoms with E-state index in [2.05, 4.69) is 5.32 Å². The number of nitrogens with one attached hydrogen (secondary N) is 1. The Balaban J connectivity index is 1.94. The maximum absolute atomic E-state index is 11.3. The number of amides is 1. The highest BCUT2D eigenvalue weighted by Gasteiger charge is 2.38. The summed E-state index contributed by atoms with van der Waals surface area (Å²) in [6.45, 7) is 0.170. The van der Waals surface area contributed by atoms with Gasteiger partial charge in [-0.15, -0.1) is 0 Å². The molecule has 1 saturated heterocycles. The quantitative estimate of drug-likeness (QED) is 0.796. The van der Waals surface area contributed by atoms with E-state index in [1.54, 1.807) is 18.2 Å². The van der Waals surface area contributed by atoms with Crippen LogP contribution in [0.25, 0.3) is 0 Å². The molecule has 2 atom stereocenters. The number of carboxylic acids is 1. The predicted octanol–water partition coefficient (Wildman–Crippen LogP) is 0.472. The average Bonchev–Trinajstić information content (AvgIpc) is 2.93. The molecule has 0 bridgehead atoms. The monoisotopic (exact) mass is 249 g/mol. The van der Waals surface area contributed by atoms with Crippen LogP contribution >= 0.6 is 0 Å². The predicted molar refractivity (Wildman–Crippen MR) is 59.5 cm³/mol. The first-order valence-electron chi connectivity index (χ1n) is 5.57. The molecule has 2 heterocycles. The average molecular weight is 249 g/mol. The van der Waals surface area contributed by atoms with Gasteiger partial charge in [0.2, 0.25) is 12.7 Å². The number of hydrogen-bond donors (Lipinski definition) is 2. The van der Waals surface area contributed by atoms with Crippen LogP contribution in [0, 0.1) is 0 Å². The third-order valence-electron chi connectivity index (χ3n) is 3.21. The molecule has 1 amide bonds. The van der Waals surface area contributed by atoms with Crippen LogP contribution in [0.15, 0.2) is 18.2 Å². The fourth-order valence-corrected chi connectivity index (χ4v) is 2.34. The van der Waals surface area contributed by atoms with Crippen molar-refractivity contribution in [1.29, 1.82) is 0 Å². The van der Waals surface area contributed by atoms with Crippen LogP contribution in [-0.4, -0.2) is 29.8 Å². The summed E-state index contributed by atoms with van der Waals surface area (Å²) in [7, 11) is 0. The highest BCUT2D eigenvalue weighted by atomic mass is 16.7. The number of fused-ring (bicyclic) bond motifs is 1. The molecule has 2 N–H and O–H groups in total. The fourth-order valence-electron chi connectivity index (χ4n) is 2.34. The molecule has 0 aromatic heterocycles. The van der Waals surface area contributed by atoms with Crippen molar-refractivity contribution in [3.8, 4) is 11.5 Å². The van der Waals surface area contributed by atoms with Gasteiger partial charge in [0.15, 0.2) is 11.5 Å². The zero-order valence-corrected chi connectivity index (χ0v) is 9.38. The van der Waals surface area contributed by atoms with E-state index in [1.165, 1.54) is 0 Å². The summed E-state index contributed by atoms with van der Waals surface area (Å²) < 4.78 is 10.4. The van der Waals surface area contributed by atoms with Crippen molar-refractivity contribution >= 4 is 11.9 Å². The Bertz CT molecular complexity index is 527. The fraction of sp³-hybridized carbons (Fsp3) is 0.333. The molecule has 0 saturated carbocycles. The van der Waals surface area contributed by atoms with Crippen LogP contribution in [0.4, 0.5) is 0 Å². The Labute approximate surface area is 103 Å². The topological polar surface area (TPSA) is 84.9 Å². The van der Waals surface area contributed by atoms with Crippen molar-refractivity contribution in [2.75, 3.05) is 6.79 Å². The molecule has 1 aromatic rings. The van der Waals surface area contributed by atoms with E-state index in [1.807, 2.05) is 0 Å². The second-order valence-electron chi connectivity index (χ2n) is 4.31. The maximum Gasteiger partial charge on any atom is 0.326 e. The lowest BCUT2D eigenvalue weighted by molar-refractivity contribution is -0.140. The highest BCUT2D eigenvalue weighted by molar-refractivity contribution is 5.89. The van der Waals surface area contributed by atoms with E-state index >= 15 is 0 Å². The van der Waals surface area contributed by atoms with Crippen LogP contribution in [0.3, 0.4) is 0 Å². The number of carbonyl (C=O) groups excluding carboxylic acids is 1. The summed E-state index contributed by atoms with van der Waals surface area (Å²) in [5.41, 5.74) is 0.769. The number of carbonyl (C=O) groups is 2. The third kappa shape index (κ3) is 1.66. The van der Waals surface area contributed by atoms with Crippen molar-refractivity contribution < 1.29 is 24.2 Å². The molecule has 1 fully saturated rings. The molecule has 6 heteroatoms. The van der Waals surface area contributed by atoms with Gasteiger partial charge in [-0.2, -0.15) is 0 Å². The van der Waals surface area contributed by atoms with Gasteiger partial charge in [-0.25, -0.2) is 4.79 Å². The Morgan fingerprint density at radius 2 is 2.11 bits per heavy atom. The maximum atomic E-state index is 11.3. The first-order valence-corrected chi connectivity index (χ1v) is 5.57. The summed E-state index contributed by atoms with van der Waals surface area (Å²) in [5.74, 6) is -0.406. The van der Waals surface area contributed by atoms with Crippen LogP contribution in [0.5, 0.6) is 11.5 Å². The molecule has 3 rings (SSSR count). The smallest absolute Gasteiger partial charge is 0.326 e. The van der Waals surface area contributed by atoms with Gasteiger partial charge in [-0.3, -0.25) is 4.79 Å². The van der Waals surface area contributed by atoms with Crippen LogP contribution < -0.4 is 14.8 Å². The highest BCUT2D eigenvalue weighted by Crippen LogP contribution is 2.37. The lowest BCUT2D eigenvalue weighted by Crippen LogP contribution is -2.36. The van der Waals surface area contributed by atoms with Crippen molar-refractivity contribution in [2.45, 2.75) is 18.4 Å². The van der Waals surface area contributed by atoms with Crippen LogP contribution in [0.1, 0.15) is 17.9 Å². The van der Waals surface area contributed by atoms with Gasteiger partial charge >= 0.3 is 5.97 Å². The second-order valence-corrected chi connectivity index (χ2v) is 4.31. The zero-order chi connectivity index (χ0) is 12.7. The number of ether oxygens (including phenoxy) is 2. The van der Waals surface area contributed by atoms with Gasteiger partial charge in [-0.05, 0) is 17.7 Å². The number of hydrogen-bond acceptors (Lipinski definition) is 4. The summed E-state index contributed by atoms with van der Waals surface area (Å²) in [6.07, 6.45) is 0.177. The van der Waals surface area contributed by atoms with Gasteiger partial charge in [-0.1, -0.05) is 6.07 Å². The minimum absolute atomic E-state index is 0.170. The van der Waals surface area contributed by atoms with Crippen LogP contribution in [0.2, 0.25) is 0 Å². The Kier molecular flexibility index (Phi) is 2.36. The minimum Gasteiger partial charge on any atom is -0.480 e. The van der Waals surface area contributed by atoms with Gasteiger partial charge in [0.05, 0.1) is 0 Å². The van der Waals surface area contributed by atoms with Gasteiger partial charge in [0.25, 0.3) is 0 Å². The number of aliphatic carboxylic acids is 1. The lowest BCUT2D eigenvalue weighted by atomic mass is 9.91. The summed E-state index contributed by atoms with van der Waals surface area (Å²) in [5, 5.41) is 11.5. The molecule has 6 nitrogen and oxygen atoms in total. The molecule has 94 valence electrons. The number of benzene rings is 1. The zero-order valence-electron chi connectivity index (χ0n) is 9.38. The van der Waals surface area contributed by atoms with Crippen molar-refractivity contribution in [1.82, 2.24) is 5.32 Å². The number of rotatable bonds is 2.